The highest BCUT2D eigenvalue weighted by Gasteiger charge is 2.61. The molecule has 1 aromatic heterocycles. The van der Waals surface area contributed by atoms with E-state index in [4.69, 9.17) is 4.74 Å². The summed E-state index contributed by atoms with van der Waals surface area (Å²) in [5.41, 5.74) is 1.29. The highest BCUT2D eigenvalue weighted by molar-refractivity contribution is 7.09. The molecule has 4 rings (SSSR count). The lowest BCUT2D eigenvalue weighted by molar-refractivity contribution is -0.158. The van der Waals surface area contributed by atoms with Crippen LogP contribution in [0.15, 0.2) is 35.7 Å². The number of fused-ring (bicyclic) bond motifs is 2. The van der Waals surface area contributed by atoms with Crippen LogP contribution in [0, 0.1) is 12.3 Å². The minimum atomic E-state index is -0.645. The minimum absolute atomic E-state index is 0.0806. The highest BCUT2D eigenvalue weighted by Crippen LogP contribution is 2.52. The van der Waals surface area contributed by atoms with Crippen LogP contribution in [-0.4, -0.2) is 40.5 Å². The Morgan fingerprint density at radius 3 is 2.75 bits per heavy atom. The van der Waals surface area contributed by atoms with E-state index in [1.54, 1.807) is 11.3 Å². The van der Waals surface area contributed by atoms with Crippen molar-refractivity contribution < 1.29 is 14.3 Å². The van der Waals surface area contributed by atoms with Crippen LogP contribution in [-0.2, 0) is 27.2 Å². The third-order valence-electron chi connectivity index (χ3n) is 6.07. The molecule has 0 unspecified atom stereocenters. The van der Waals surface area contributed by atoms with Crippen LogP contribution in [0.4, 0.5) is 0 Å². The molecule has 0 radical (unpaired) electrons. The predicted octanol–water partition coefficient (Wildman–Crippen LogP) is 3.55. The van der Waals surface area contributed by atoms with E-state index in [1.807, 2.05) is 42.3 Å². The molecule has 1 amide bonds. The summed E-state index contributed by atoms with van der Waals surface area (Å²) in [6.07, 6.45) is 3.43. The number of carbonyl (C=O) groups excluding carboxylic acids is 2. The fraction of sp³-hybridized carbons (Fsp3) is 0.500. The number of hydrogen-bond acceptors (Lipinski definition) is 5. The second-order valence-corrected chi connectivity index (χ2v) is 8.89. The van der Waals surface area contributed by atoms with Gasteiger partial charge in [0.05, 0.1) is 29.1 Å². The molecule has 2 saturated heterocycles. The SMILES string of the molecule is CCOC(=O)[C@@]1(Cc2ccccc2)C[C@H]2CC[C@@H]1N2C(=O)Cc1csc(C)n1. The minimum Gasteiger partial charge on any atom is -0.465 e. The Balaban J connectivity index is 1.61. The summed E-state index contributed by atoms with van der Waals surface area (Å²) in [4.78, 5) is 32.7. The zero-order valence-electron chi connectivity index (χ0n) is 16.4. The Hall–Kier alpha value is -2.21. The van der Waals surface area contributed by atoms with Crippen molar-refractivity contribution in [1.29, 1.82) is 0 Å². The first-order chi connectivity index (χ1) is 13.5. The largest absolute Gasteiger partial charge is 0.465 e. The molecule has 6 heteroatoms. The van der Waals surface area contributed by atoms with Gasteiger partial charge in [0.2, 0.25) is 5.91 Å². The second kappa shape index (κ2) is 7.66. The first-order valence-corrected chi connectivity index (χ1v) is 10.8. The molecule has 1 aromatic carbocycles. The molecule has 2 aliphatic heterocycles. The van der Waals surface area contributed by atoms with Gasteiger partial charge in [-0.3, -0.25) is 9.59 Å². The molecule has 2 fully saturated rings. The lowest BCUT2D eigenvalue weighted by Crippen LogP contribution is -2.47. The number of carbonyl (C=O) groups is 2. The summed E-state index contributed by atoms with van der Waals surface area (Å²) in [5, 5.41) is 2.92. The van der Waals surface area contributed by atoms with Gasteiger partial charge in [-0.05, 0) is 45.1 Å². The predicted molar refractivity (Wildman–Crippen MR) is 108 cm³/mol. The van der Waals surface area contributed by atoms with Crippen LogP contribution in [0.2, 0.25) is 0 Å². The standard InChI is InChI=1S/C22H26N2O3S/c1-3-27-21(26)22(12-16-7-5-4-6-8-16)13-18-9-10-19(22)24(18)20(25)11-17-14-28-15(2)23-17/h4-8,14,18-19H,3,9-13H2,1-2H3/t18-,19+,22+/m1/s1. The molecule has 148 valence electrons. The number of amides is 1. The molecule has 3 heterocycles. The average Bonchev–Trinajstić information content (AvgIpc) is 3.36. The second-order valence-electron chi connectivity index (χ2n) is 7.83. The molecule has 0 spiro atoms. The zero-order valence-corrected chi connectivity index (χ0v) is 17.2. The number of aryl methyl sites for hydroxylation is 1. The number of rotatable bonds is 6. The van der Waals surface area contributed by atoms with Crippen LogP contribution >= 0.6 is 11.3 Å². The maximum atomic E-state index is 13.1. The third kappa shape index (κ3) is 3.34. The van der Waals surface area contributed by atoms with Gasteiger partial charge in [-0.25, -0.2) is 4.98 Å². The van der Waals surface area contributed by atoms with E-state index in [-0.39, 0.29) is 24.0 Å². The number of ether oxygens (including phenoxy) is 1. The Labute approximate surface area is 169 Å². The van der Waals surface area contributed by atoms with E-state index in [9.17, 15) is 9.59 Å². The molecule has 2 bridgehead atoms. The zero-order chi connectivity index (χ0) is 19.7. The molecular weight excluding hydrogens is 372 g/mol. The van der Waals surface area contributed by atoms with Crippen LogP contribution in [0.1, 0.15) is 42.5 Å². The van der Waals surface area contributed by atoms with Gasteiger partial charge in [-0.1, -0.05) is 30.3 Å². The maximum absolute atomic E-state index is 13.1. The fourth-order valence-electron chi connectivity index (χ4n) is 5.01. The smallest absolute Gasteiger partial charge is 0.314 e. The Bertz CT molecular complexity index is 866. The van der Waals surface area contributed by atoms with Crippen LogP contribution in [0.3, 0.4) is 0 Å². The Kier molecular flexibility index (Phi) is 5.23. The molecule has 28 heavy (non-hydrogen) atoms. The molecule has 0 aliphatic carbocycles. The van der Waals surface area contributed by atoms with Gasteiger partial charge in [0.25, 0.3) is 0 Å². The van der Waals surface area contributed by atoms with Crippen molar-refractivity contribution in [3.05, 3.63) is 52.0 Å². The van der Waals surface area contributed by atoms with Crippen LogP contribution in [0.25, 0.3) is 0 Å². The van der Waals surface area contributed by atoms with E-state index >= 15 is 0 Å². The monoisotopic (exact) mass is 398 g/mol. The summed E-state index contributed by atoms with van der Waals surface area (Å²) in [5.74, 6) is -0.0783. The molecule has 2 aromatic rings. The van der Waals surface area contributed by atoms with Crippen molar-refractivity contribution in [3.8, 4) is 0 Å². The van der Waals surface area contributed by atoms with Crippen molar-refractivity contribution in [1.82, 2.24) is 9.88 Å². The van der Waals surface area contributed by atoms with Gasteiger partial charge in [0.15, 0.2) is 0 Å². The quantitative estimate of drug-likeness (QED) is 0.698. The molecular formula is C22H26N2O3S. The third-order valence-corrected chi connectivity index (χ3v) is 6.89. The normalized spacial score (nSPS) is 25.9. The summed E-state index contributed by atoms with van der Waals surface area (Å²) >= 11 is 1.56. The highest BCUT2D eigenvalue weighted by atomic mass is 32.1. The van der Waals surface area contributed by atoms with Gasteiger partial charge >= 0.3 is 5.97 Å². The van der Waals surface area contributed by atoms with E-state index in [0.29, 0.717) is 25.9 Å². The van der Waals surface area contributed by atoms with Gasteiger partial charge in [0.1, 0.15) is 0 Å². The van der Waals surface area contributed by atoms with E-state index in [2.05, 4.69) is 17.1 Å². The molecule has 5 nitrogen and oxygen atoms in total. The topological polar surface area (TPSA) is 59.5 Å². The number of esters is 1. The number of hydrogen-bond donors (Lipinski definition) is 0. The summed E-state index contributed by atoms with van der Waals surface area (Å²) in [6.45, 7) is 4.15. The van der Waals surface area contributed by atoms with Crippen LogP contribution < -0.4 is 0 Å². The van der Waals surface area contributed by atoms with Crippen molar-refractivity contribution in [3.63, 3.8) is 0 Å². The van der Waals surface area contributed by atoms with Crippen molar-refractivity contribution in [2.75, 3.05) is 6.61 Å². The number of thiazole rings is 1. The van der Waals surface area contributed by atoms with Gasteiger partial charge < -0.3 is 9.64 Å². The first-order valence-electron chi connectivity index (χ1n) is 9.97. The number of nitrogens with zero attached hydrogens (tertiary/aromatic N) is 2. The lowest BCUT2D eigenvalue weighted by atomic mass is 9.70. The van der Waals surface area contributed by atoms with Gasteiger partial charge in [0, 0.05) is 17.5 Å². The number of aromatic nitrogens is 1. The molecule has 0 saturated carbocycles. The first kappa shape index (κ1) is 19.1. The number of benzene rings is 1. The lowest BCUT2D eigenvalue weighted by Gasteiger charge is -2.35. The fourth-order valence-corrected chi connectivity index (χ4v) is 5.62. The summed E-state index contributed by atoms with van der Waals surface area (Å²) in [6, 6.07) is 10.1. The Morgan fingerprint density at radius 1 is 1.29 bits per heavy atom. The van der Waals surface area contributed by atoms with Crippen molar-refractivity contribution in [2.45, 2.75) is 58.0 Å². The maximum Gasteiger partial charge on any atom is 0.314 e. The van der Waals surface area contributed by atoms with E-state index < -0.39 is 5.41 Å². The van der Waals surface area contributed by atoms with Gasteiger partial charge in [-0.2, -0.15) is 0 Å². The van der Waals surface area contributed by atoms with E-state index in [0.717, 1.165) is 29.1 Å². The van der Waals surface area contributed by atoms with Crippen LogP contribution in [0.5, 0.6) is 0 Å². The Morgan fingerprint density at radius 2 is 2.07 bits per heavy atom. The summed E-state index contributed by atoms with van der Waals surface area (Å²) < 4.78 is 5.52. The van der Waals surface area contributed by atoms with Crippen molar-refractivity contribution >= 4 is 23.2 Å². The average molecular weight is 399 g/mol. The van der Waals surface area contributed by atoms with Crippen molar-refractivity contribution in [2.24, 2.45) is 5.41 Å². The summed E-state index contributed by atoms with van der Waals surface area (Å²) in [7, 11) is 0. The molecule has 2 aliphatic rings. The molecule has 3 atom stereocenters. The van der Waals surface area contributed by atoms with Gasteiger partial charge in [-0.15, -0.1) is 11.3 Å². The molecule has 0 N–H and O–H groups in total. The van der Waals surface area contributed by atoms with E-state index in [1.165, 1.54) is 0 Å².